The lowest BCUT2D eigenvalue weighted by Crippen LogP contribution is -2.45. The molecule has 3 nitrogen and oxygen atoms in total. The van der Waals surface area contributed by atoms with Gasteiger partial charge >= 0.3 is 0 Å². The fraction of sp³-hybridized carbons (Fsp3) is 1.00. The smallest absolute Gasteiger partial charge is 0.0107 e. The molecular weight excluding hydrogens is 234 g/mol. The third-order valence-electron chi connectivity index (χ3n) is 4.86. The van der Waals surface area contributed by atoms with Gasteiger partial charge in [0.2, 0.25) is 0 Å². The third-order valence-corrected chi connectivity index (χ3v) is 4.86. The maximum atomic E-state index is 3.77. The topological polar surface area (TPSA) is 18.5 Å². The van der Waals surface area contributed by atoms with Crippen LogP contribution in [0, 0.1) is 5.92 Å². The Bertz CT molecular complexity index is 228. The minimum Gasteiger partial charge on any atom is -0.313 e. The first-order valence-corrected chi connectivity index (χ1v) is 8.46. The van der Waals surface area contributed by atoms with Crippen LogP contribution in [0.3, 0.4) is 0 Å². The Kier molecular flexibility index (Phi) is 6.62. The molecule has 0 radical (unpaired) electrons. The number of hydrogen-bond acceptors (Lipinski definition) is 3. The van der Waals surface area contributed by atoms with Gasteiger partial charge in [-0.2, -0.15) is 0 Å². The fourth-order valence-electron chi connectivity index (χ4n) is 3.39. The van der Waals surface area contributed by atoms with Gasteiger partial charge in [0, 0.05) is 19.1 Å². The van der Waals surface area contributed by atoms with E-state index in [1.54, 1.807) is 0 Å². The van der Waals surface area contributed by atoms with Crippen molar-refractivity contribution >= 4 is 0 Å². The zero-order chi connectivity index (χ0) is 13.5. The van der Waals surface area contributed by atoms with Crippen molar-refractivity contribution in [3.63, 3.8) is 0 Å². The van der Waals surface area contributed by atoms with Crippen LogP contribution >= 0.6 is 0 Å². The van der Waals surface area contributed by atoms with Gasteiger partial charge in [-0.15, -0.1) is 0 Å². The van der Waals surface area contributed by atoms with Crippen molar-refractivity contribution in [3.05, 3.63) is 0 Å². The molecule has 19 heavy (non-hydrogen) atoms. The van der Waals surface area contributed by atoms with E-state index < -0.39 is 0 Å². The minimum atomic E-state index is 0.775. The highest BCUT2D eigenvalue weighted by molar-refractivity contribution is 4.78. The molecule has 0 aliphatic carbocycles. The summed E-state index contributed by atoms with van der Waals surface area (Å²) >= 11 is 0. The van der Waals surface area contributed by atoms with E-state index in [0.29, 0.717) is 0 Å². The number of hydrogen-bond donors (Lipinski definition) is 1. The molecule has 0 unspecified atom stereocenters. The van der Waals surface area contributed by atoms with E-state index in [2.05, 4.69) is 29.0 Å². The summed E-state index contributed by atoms with van der Waals surface area (Å²) in [5.41, 5.74) is 0. The second kappa shape index (κ2) is 8.23. The first-order valence-electron chi connectivity index (χ1n) is 8.46. The highest BCUT2D eigenvalue weighted by Crippen LogP contribution is 2.15. The molecule has 0 aromatic heterocycles. The molecule has 0 amide bonds. The molecule has 2 saturated heterocycles. The monoisotopic (exact) mass is 267 g/mol. The van der Waals surface area contributed by atoms with Crippen LogP contribution in [-0.2, 0) is 0 Å². The van der Waals surface area contributed by atoms with Crippen LogP contribution < -0.4 is 5.32 Å². The lowest BCUT2D eigenvalue weighted by Gasteiger charge is -2.34. The number of rotatable bonds is 6. The molecule has 1 N–H and O–H groups in total. The van der Waals surface area contributed by atoms with Crippen LogP contribution in [-0.4, -0.2) is 61.7 Å². The first kappa shape index (κ1) is 15.3. The van der Waals surface area contributed by atoms with Crippen molar-refractivity contribution in [1.82, 2.24) is 15.1 Å². The lowest BCUT2D eigenvalue weighted by molar-refractivity contribution is 0.176. The molecule has 0 saturated carbocycles. The van der Waals surface area contributed by atoms with Crippen LogP contribution in [0.4, 0.5) is 0 Å². The Labute approximate surface area is 119 Å². The van der Waals surface area contributed by atoms with E-state index in [-0.39, 0.29) is 0 Å². The van der Waals surface area contributed by atoms with E-state index >= 15 is 0 Å². The molecular formula is C16H33N3. The van der Waals surface area contributed by atoms with Gasteiger partial charge in [0.05, 0.1) is 0 Å². The molecule has 3 heteroatoms. The summed E-state index contributed by atoms with van der Waals surface area (Å²) in [5, 5.41) is 3.77. The van der Waals surface area contributed by atoms with Crippen LogP contribution in [0.2, 0.25) is 0 Å². The van der Waals surface area contributed by atoms with Crippen molar-refractivity contribution in [2.45, 2.75) is 52.0 Å². The summed E-state index contributed by atoms with van der Waals surface area (Å²) in [7, 11) is 0. The highest BCUT2D eigenvalue weighted by atomic mass is 15.2. The molecule has 0 aromatic carbocycles. The predicted octanol–water partition coefficient (Wildman–Crippen LogP) is 2.18. The standard InChI is InChI=1S/C16H33N3/c1-3-9-18-12-6-16(7-13-18)17-8-14-19-10-4-15(2)5-11-19/h15-17H,3-14H2,1-2H3. The number of piperidine rings is 2. The number of likely N-dealkylation sites (tertiary alicyclic amines) is 2. The van der Waals surface area contributed by atoms with Crippen LogP contribution in [0.15, 0.2) is 0 Å². The van der Waals surface area contributed by atoms with E-state index in [4.69, 9.17) is 0 Å². The van der Waals surface area contributed by atoms with Crippen molar-refractivity contribution in [3.8, 4) is 0 Å². The quantitative estimate of drug-likeness (QED) is 0.796. The van der Waals surface area contributed by atoms with E-state index in [1.165, 1.54) is 77.9 Å². The molecule has 2 rings (SSSR count). The number of nitrogens with zero attached hydrogens (tertiary/aromatic N) is 2. The summed E-state index contributed by atoms with van der Waals surface area (Å²) in [4.78, 5) is 5.25. The van der Waals surface area contributed by atoms with Crippen molar-refractivity contribution in [2.75, 3.05) is 45.8 Å². The van der Waals surface area contributed by atoms with E-state index in [1.807, 2.05) is 0 Å². The molecule has 2 aliphatic heterocycles. The van der Waals surface area contributed by atoms with Gasteiger partial charge in [0.15, 0.2) is 0 Å². The van der Waals surface area contributed by atoms with Gasteiger partial charge in [-0.3, -0.25) is 0 Å². The Morgan fingerprint density at radius 3 is 2.11 bits per heavy atom. The zero-order valence-corrected chi connectivity index (χ0v) is 13.0. The number of nitrogens with one attached hydrogen (secondary N) is 1. The Hall–Kier alpha value is -0.120. The fourth-order valence-corrected chi connectivity index (χ4v) is 3.39. The molecule has 0 spiro atoms. The molecule has 2 fully saturated rings. The third kappa shape index (κ3) is 5.41. The van der Waals surface area contributed by atoms with Gasteiger partial charge < -0.3 is 15.1 Å². The van der Waals surface area contributed by atoms with E-state index in [0.717, 1.165) is 12.0 Å². The summed E-state index contributed by atoms with van der Waals surface area (Å²) in [5.74, 6) is 0.951. The Morgan fingerprint density at radius 2 is 1.47 bits per heavy atom. The van der Waals surface area contributed by atoms with Gasteiger partial charge in [-0.05, 0) is 70.7 Å². The highest BCUT2D eigenvalue weighted by Gasteiger charge is 2.19. The SMILES string of the molecule is CCCN1CCC(NCCN2CCC(C)CC2)CC1. The lowest BCUT2D eigenvalue weighted by atomic mass is 9.99. The van der Waals surface area contributed by atoms with Gasteiger partial charge in [0.25, 0.3) is 0 Å². The Morgan fingerprint density at radius 1 is 0.895 bits per heavy atom. The molecule has 0 aromatic rings. The largest absolute Gasteiger partial charge is 0.313 e. The normalized spacial score (nSPS) is 24.9. The van der Waals surface area contributed by atoms with Crippen molar-refractivity contribution in [2.24, 2.45) is 5.92 Å². The average Bonchev–Trinajstić information content (AvgIpc) is 2.43. The van der Waals surface area contributed by atoms with Crippen molar-refractivity contribution < 1.29 is 0 Å². The summed E-state index contributed by atoms with van der Waals surface area (Å²) in [6.45, 7) is 13.6. The molecule has 112 valence electrons. The summed E-state index contributed by atoms with van der Waals surface area (Å²) in [6, 6.07) is 0.775. The molecule has 2 aliphatic rings. The molecule has 0 bridgehead atoms. The summed E-state index contributed by atoms with van der Waals surface area (Å²) < 4.78 is 0. The predicted molar refractivity (Wildman–Crippen MR) is 82.6 cm³/mol. The van der Waals surface area contributed by atoms with Crippen LogP contribution in [0.25, 0.3) is 0 Å². The van der Waals surface area contributed by atoms with Crippen LogP contribution in [0.5, 0.6) is 0 Å². The van der Waals surface area contributed by atoms with Gasteiger partial charge in [-0.1, -0.05) is 13.8 Å². The van der Waals surface area contributed by atoms with Gasteiger partial charge in [-0.25, -0.2) is 0 Å². The molecule has 0 atom stereocenters. The average molecular weight is 267 g/mol. The minimum absolute atomic E-state index is 0.775. The van der Waals surface area contributed by atoms with Gasteiger partial charge in [0.1, 0.15) is 0 Å². The van der Waals surface area contributed by atoms with E-state index in [9.17, 15) is 0 Å². The maximum absolute atomic E-state index is 3.77. The van der Waals surface area contributed by atoms with Crippen molar-refractivity contribution in [1.29, 1.82) is 0 Å². The summed E-state index contributed by atoms with van der Waals surface area (Å²) in [6.07, 6.45) is 6.78. The second-order valence-corrected chi connectivity index (χ2v) is 6.59. The first-order chi connectivity index (χ1) is 9.28. The zero-order valence-electron chi connectivity index (χ0n) is 13.0. The Balaban J connectivity index is 1.52. The van der Waals surface area contributed by atoms with Crippen LogP contribution in [0.1, 0.15) is 46.0 Å². The second-order valence-electron chi connectivity index (χ2n) is 6.59. The maximum Gasteiger partial charge on any atom is 0.0107 e. The molecule has 2 heterocycles.